The Balaban J connectivity index is 0. The van der Waals surface area contributed by atoms with Crippen LogP contribution in [-0.4, -0.2) is 48.2 Å². The molecule has 0 rings (SSSR count). The topological polar surface area (TPSA) is 20.2 Å². The van der Waals surface area contributed by atoms with Gasteiger partial charge in [0.05, 0.1) is 21.1 Å². The van der Waals surface area contributed by atoms with Gasteiger partial charge >= 0.3 is 0 Å². The van der Waals surface area contributed by atoms with Crippen molar-refractivity contribution in [1.82, 2.24) is 0 Å². The Labute approximate surface area is 83.7 Å². The van der Waals surface area contributed by atoms with Gasteiger partial charge in [-0.05, 0) is 6.92 Å². The van der Waals surface area contributed by atoms with E-state index in [9.17, 15) is 5.11 Å². The van der Waals surface area contributed by atoms with E-state index < -0.39 is 5.60 Å². The molecule has 1 unspecified atom stereocenters. The highest BCUT2D eigenvalue weighted by atomic mass is 79.9. The van der Waals surface area contributed by atoms with Crippen molar-refractivity contribution >= 4 is 15.9 Å². The molecule has 0 bridgehead atoms. The summed E-state index contributed by atoms with van der Waals surface area (Å²) in [4.78, 5) is 0. The zero-order valence-electron chi connectivity index (χ0n) is 7.56. The van der Waals surface area contributed by atoms with Crippen LogP contribution in [0.1, 0.15) is 6.92 Å². The summed E-state index contributed by atoms with van der Waals surface area (Å²) in [6.07, 6.45) is 0. The third-order valence-corrected chi connectivity index (χ3v) is 2.31. The third kappa shape index (κ3) is 8.60. The van der Waals surface area contributed by atoms with E-state index in [-0.39, 0.29) is 12.4 Å². The first-order valence-corrected chi connectivity index (χ1v) is 4.48. The normalized spacial score (nSPS) is 16.9. The Morgan fingerprint density at radius 2 is 1.73 bits per heavy atom. The average Bonchev–Trinajstić information content (AvgIpc) is 1.60. The van der Waals surface area contributed by atoms with Crippen molar-refractivity contribution in [3.05, 3.63) is 0 Å². The van der Waals surface area contributed by atoms with E-state index in [4.69, 9.17) is 0 Å². The lowest BCUT2D eigenvalue weighted by Gasteiger charge is -2.31. The van der Waals surface area contributed by atoms with Gasteiger partial charge in [0.2, 0.25) is 0 Å². The van der Waals surface area contributed by atoms with Crippen molar-refractivity contribution < 1.29 is 22.0 Å². The smallest absolute Gasteiger partial charge is 0.120 e. The lowest BCUT2D eigenvalue weighted by atomic mass is 10.1. The highest BCUT2D eigenvalue weighted by Crippen LogP contribution is 2.10. The number of rotatable bonds is 3. The van der Waals surface area contributed by atoms with Gasteiger partial charge in [0.15, 0.2) is 0 Å². The van der Waals surface area contributed by atoms with Gasteiger partial charge in [-0.3, -0.25) is 0 Å². The largest absolute Gasteiger partial charge is 1.00 e. The number of hydrogen-bond donors (Lipinski definition) is 1. The summed E-state index contributed by atoms with van der Waals surface area (Å²) in [5.41, 5.74) is -0.585. The van der Waals surface area contributed by atoms with Crippen LogP contribution in [0.4, 0.5) is 0 Å². The van der Waals surface area contributed by atoms with E-state index in [2.05, 4.69) is 37.1 Å². The van der Waals surface area contributed by atoms with Crippen LogP contribution in [0, 0.1) is 0 Å². The maximum absolute atomic E-state index is 9.60. The molecule has 0 aromatic rings. The van der Waals surface area contributed by atoms with Crippen LogP contribution in [-0.2, 0) is 0 Å². The summed E-state index contributed by atoms with van der Waals surface area (Å²) >= 11 is 3.26. The number of halogens is 2. The van der Waals surface area contributed by atoms with Gasteiger partial charge < -0.3 is 22.0 Å². The first-order chi connectivity index (χ1) is 4.27. The quantitative estimate of drug-likeness (QED) is 0.445. The Hall–Kier alpha value is 0.690. The van der Waals surface area contributed by atoms with Gasteiger partial charge in [-0.2, -0.15) is 0 Å². The Bertz CT molecular complexity index is 111. The molecule has 0 amide bonds. The van der Waals surface area contributed by atoms with E-state index in [1.807, 2.05) is 6.92 Å². The number of hydrogen-bond acceptors (Lipinski definition) is 1. The number of quaternary nitrogens is 1. The Morgan fingerprint density at radius 1 is 1.36 bits per heavy atom. The minimum Gasteiger partial charge on any atom is -1.00 e. The van der Waals surface area contributed by atoms with Crippen molar-refractivity contribution in [2.45, 2.75) is 12.5 Å². The Kier molecular flexibility index (Phi) is 6.02. The molecule has 70 valence electrons. The maximum atomic E-state index is 9.60. The van der Waals surface area contributed by atoms with Crippen LogP contribution in [0.3, 0.4) is 0 Å². The fourth-order valence-electron chi connectivity index (χ4n) is 1.06. The number of likely N-dealkylation sites (N-methyl/N-ethyl adjacent to an activating group) is 1. The number of alkyl halides is 1. The standard InChI is InChI=1S/C7H17BrNO.ClH/c1-7(10,5-8)6-9(2,3)4;/h10H,5-6H2,1-4H3;1H/q+1;/p-1. The molecule has 0 aromatic heterocycles. The van der Waals surface area contributed by atoms with Crippen molar-refractivity contribution in [2.24, 2.45) is 0 Å². The van der Waals surface area contributed by atoms with Crippen molar-refractivity contribution in [1.29, 1.82) is 0 Å². The molecule has 0 aliphatic carbocycles. The Morgan fingerprint density at radius 3 is 1.82 bits per heavy atom. The molecule has 0 fully saturated rings. The second-order valence-corrected chi connectivity index (χ2v) is 4.64. The van der Waals surface area contributed by atoms with E-state index in [0.717, 1.165) is 11.0 Å². The third-order valence-electron chi connectivity index (χ3n) is 1.10. The van der Waals surface area contributed by atoms with Gasteiger partial charge in [-0.15, -0.1) is 0 Å². The molecule has 4 heteroatoms. The first kappa shape index (κ1) is 14.2. The van der Waals surface area contributed by atoms with Crippen molar-refractivity contribution in [3.8, 4) is 0 Å². The summed E-state index contributed by atoms with van der Waals surface area (Å²) in [5.74, 6) is 0. The lowest BCUT2D eigenvalue weighted by Crippen LogP contribution is -3.00. The molecular weight excluding hydrogens is 229 g/mol. The molecule has 0 aliphatic heterocycles. The molecule has 0 saturated heterocycles. The van der Waals surface area contributed by atoms with Crippen LogP contribution >= 0.6 is 15.9 Å². The van der Waals surface area contributed by atoms with E-state index in [0.29, 0.717) is 5.33 Å². The second-order valence-electron chi connectivity index (χ2n) is 4.08. The maximum Gasteiger partial charge on any atom is 0.120 e. The van der Waals surface area contributed by atoms with Crippen LogP contribution in [0.15, 0.2) is 0 Å². The van der Waals surface area contributed by atoms with E-state index in [1.54, 1.807) is 0 Å². The molecule has 0 aliphatic rings. The van der Waals surface area contributed by atoms with Gasteiger partial charge in [-0.25, -0.2) is 0 Å². The van der Waals surface area contributed by atoms with Gasteiger partial charge in [0.25, 0.3) is 0 Å². The highest BCUT2D eigenvalue weighted by molar-refractivity contribution is 9.09. The van der Waals surface area contributed by atoms with Crippen LogP contribution in [0.25, 0.3) is 0 Å². The molecule has 2 nitrogen and oxygen atoms in total. The molecule has 11 heavy (non-hydrogen) atoms. The minimum absolute atomic E-state index is 0. The zero-order valence-corrected chi connectivity index (χ0v) is 9.91. The molecule has 0 aromatic carbocycles. The fraction of sp³-hybridized carbons (Fsp3) is 1.00. The SMILES string of the molecule is CC(O)(CBr)C[N+](C)(C)C.[Cl-]. The molecule has 0 spiro atoms. The van der Waals surface area contributed by atoms with E-state index >= 15 is 0 Å². The van der Waals surface area contributed by atoms with Crippen molar-refractivity contribution in [3.63, 3.8) is 0 Å². The molecule has 1 N–H and O–H groups in total. The number of aliphatic hydroxyl groups is 1. The molecule has 0 radical (unpaired) electrons. The summed E-state index contributed by atoms with van der Waals surface area (Å²) < 4.78 is 0.790. The number of nitrogens with zero attached hydrogens (tertiary/aromatic N) is 1. The van der Waals surface area contributed by atoms with Gasteiger partial charge in [-0.1, -0.05) is 15.9 Å². The van der Waals surface area contributed by atoms with E-state index in [1.165, 1.54) is 0 Å². The first-order valence-electron chi connectivity index (χ1n) is 3.36. The molecular formula is C7H17BrClNO. The lowest BCUT2D eigenvalue weighted by molar-refractivity contribution is -0.876. The van der Waals surface area contributed by atoms with Gasteiger partial charge in [0.1, 0.15) is 12.1 Å². The van der Waals surface area contributed by atoms with Crippen LogP contribution < -0.4 is 12.4 Å². The molecule has 0 saturated carbocycles. The summed E-state index contributed by atoms with van der Waals surface area (Å²) in [6, 6.07) is 0. The molecule has 0 heterocycles. The zero-order chi connectivity index (χ0) is 8.41. The van der Waals surface area contributed by atoms with Crippen LogP contribution in [0.2, 0.25) is 0 Å². The summed E-state index contributed by atoms with van der Waals surface area (Å²) in [5, 5.41) is 10.2. The highest BCUT2D eigenvalue weighted by Gasteiger charge is 2.26. The average molecular weight is 247 g/mol. The second kappa shape index (κ2) is 4.65. The van der Waals surface area contributed by atoms with Gasteiger partial charge in [0, 0.05) is 5.33 Å². The summed E-state index contributed by atoms with van der Waals surface area (Å²) in [7, 11) is 6.20. The van der Waals surface area contributed by atoms with Crippen molar-refractivity contribution in [2.75, 3.05) is 33.0 Å². The predicted octanol–water partition coefficient (Wildman–Crippen LogP) is -2.16. The summed E-state index contributed by atoms with van der Waals surface area (Å²) in [6.45, 7) is 2.60. The fourth-order valence-corrected chi connectivity index (χ4v) is 1.24. The minimum atomic E-state index is -0.585. The monoisotopic (exact) mass is 245 g/mol. The van der Waals surface area contributed by atoms with Crippen LogP contribution in [0.5, 0.6) is 0 Å². The molecule has 1 atom stereocenters. The predicted molar refractivity (Wildman–Crippen MR) is 47.3 cm³/mol.